The normalized spacial score (nSPS) is 12.0. The largest absolute Gasteiger partial charge is 0.324 e. The topological polar surface area (TPSA) is 26.0 Å². The van der Waals surface area contributed by atoms with Gasteiger partial charge in [-0.2, -0.15) is 0 Å². The first-order valence-corrected chi connectivity index (χ1v) is 4.23. The van der Waals surface area contributed by atoms with Crippen molar-refractivity contribution >= 4 is 24.0 Å². The minimum absolute atomic E-state index is 0. The fourth-order valence-corrected chi connectivity index (χ4v) is 1.26. The zero-order chi connectivity index (χ0) is 9.14. The lowest BCUT2D eigenvalue weighted by atomic mass is 10.1. The molecule has 0 aliphatic heterocycles. The summed E-state index contributed by atoms with van der Waals surface area (Å²) in [6, 6.07) is 4.25. The number of rotatable bonds is 2. The van der Waals surface area contributed by atoms with Crippen molar-refractivity contribution in [3.8, 4) is 0 Å². The van der Waals surface area contributed by atoms with E-state index in [9.17, 15) is 4.39 Å². The molecule has 2 N–H and O–H groups in total. The van der Waals surface area contributed by atoms with E-state index in [1.807, 2.05) is 6.92 Å². The van der Waals surface area contributed by atoms with E-state index in [4.69, 9.17) is 17.3 Å². The molecule has 4 heteroatoms. The Bertz CT molecular complexity index is 258. The molecule has 1 nitrogen and oxygen atoms in total. The van der Waals surface area contributed by atoms with Crippen LogP contribution in [0.4, 0.5) is 4.39 Å². The Balaban J connectivity index is 0.00000144. The summed E-state index contributed by atoms with van der Waals surface area (Å²) in [6.45, 7) is 1.95. The third-order valence-corrected chi connectivity index (χ3v) is 1.97. The van der Waals surface area contributed by atoms with E-state index < -0.39 is 0 Å². The fourth-order valence-electron chi connectivity index (χ4n) is 1.02. The van der Waals surface area contributed by atoms with Crippen molar-refractivity contribution in [1.29, 1.82) is 0 Å². The van der Waals surface area contributed by atoms with Crippen molar-refractivity contribution in [2.24, 2.45) is 5.73 Å². The molecule has 1 aromatic rings. The molecule has 0 aliphatic rings. The summed E-state index contributed by atoms with van der Waals surface area (Å²) >= 11 is 5.66. The first-order valence-electron chi connectivity index (χ1n) is 3.85. The van der Waals surface area contributed by atoms with Crippen LogP contribution < -0.4 is 5.73 Å². The standard InChI is InChI=1S/C9H11ClFN.ClH/c1-2-9(12)6-3-7(10)5-8(11)4-6;/h3-5,9H,2,12H2,1H3;1H/t9-;/m0./s1. The van der Waals surface area contributed by atoms with E-state index in [0.717, 1.165) is 12.0 Å². The Kier molecular flexibility index (Phi) is 5.30. The Morgan fingerprint density at radius 1 is 1.46 bits per heavy atom. The number of halogens is 3. The van der Waals surface area contributed by atoms with Crippen LogP contribution in [-0.4, -0.2) is 0 Å². The number of benzene rings is 1. The van der Waals surface area contributed by atoms with Crippen LogP contribution in [0.2, 0.25) is 5.02 Å². The molecule has 0 unspecified atom stereocenters. The first kappa shape index (κ1) is 12.7. The van der Waals surface area contributed by atoms with Crippen molar-refractivity contribution in [1.82, 2.24) is 0 Å². The van der Waals surface area contributed by atoms with Crippen molar-refractivity contribution in [3.05, 3.63) is 34.6 Å². The van der Waals surface area contributed by atoms with Gasteiger partial charge in [0.1, 0.15) is 5.82 Å². The van der Waals surface area contributed by atoms with Crippen LogP contribution in [0.3, 0.4) is 0 Å². The molecule has 0 heterocycles. The van der Waals surface area contributed by atoms with Gasteiger partial charge in [0.2, 0.25) is 0 Å². The summed E-state index contributed by atoms with van der Waals surface area (Å²) in [4.78, 5) is 0. The van der Waals surface area contributed by atoms with E-state index >= 15 is 0 Å². The molecule has 0 aromatic heterocycles. The summed E-state index contributed by atoms with van der Waals surface area (Å²) in [5.74, 6) is -0.332. The molecule has 0 radical (unpaired) electrons. The van der Waals surface area contributed by atoms with Crippen molar-refractivity contribution in [2.75, 3.05) is 0 Å². The van der Waals surface area contributed by atoms with Crippen LogP contribution in [0.25, 0.3) is 0 Å². The smallest absolute Gasteiger partial charge is 0.125 e. The SMILES string of the molecule is CC[C@H](N)c1cc(F)cc(Cl)c1.Cl. The van der Waals surface area contributed by atoms with Gasteiger partial charge in [0.05, 0.1) is 0 Å². The molecule has 0 spiro atoms. The number of hydrogen-bond donors (Lipinski definition) is 1. The molecule has 0 amide bonds. The second-order valence-corrected chi connectivity index (χ2v) is 3.15. The van der Waals surface area contributed by atoms with Crippen molar-refractivity contribution in [2.45, 2.75) is 19.4 Å². The molecule has 1 aromatic carbocycles. The maximum atomic E-state index is 12.8. The van der Waals surface area contributed by atoms with Crippen molar-refractivity contribution in [3.63, 3.8) is 0 Å². The van der Waals surface area contributed by atoms with Gasteiger partial charge in [-0.15, -0.1) is 12.4 Å². The summed E-state index contributed by atoms with van der Waals surface area (Å²) in [5, 5.41) is 0.397. The van der Waals surface area contributed by atoms with Gasteiger partial charge in [-0.1, -0.05) is 18.5 Å². The van der Waals surface area contributed by atoms with Gasteiger partial charge < -0.3 is 5.73 Å². The van der Waals surface area contributed by atoms with Crippen LogP contribution in [0, 0.1) is 5.82 Å². The second-order valence-electron chi connectivity index (χ2n) is 2.72. The Hall–Kier alpha value is -0.310. The highest BCUT2D eigenvalue weighted by atomic mass is 35.5. The zero-order valence-electron chi connectivity index (χ0n) is 7.26. The minimum Gasteiger partial charge on any atom is -0.324 e. The van der Waals surface area contributed by atoms with Crippen molar-refractivity contribution < 1.29 is 4.39 Å². The first-order chi connectivity index (χ1) is 5.63. The third kappa shape index (κ3) is 3.51. The van der Waals surface area contributed by atoms with Crippen LogP contribution in [-0.2, 0) is 0 Å². The van der Waals surface area contributed by atoms with Gasteiger partial charge in [-0.05, 0) is 30.2 Å². The summed E-state index contributed by atoms with van der Waals surface area (Å²) in [5.41, 5.74) is 6.46. The van der Waals surface area contributed by atoms with Gasteiger partial charge in [0, 0.05) is 11.1 Å². The van der Waals surface area contributed by atoms with Crippen LogP contribution >= 0.6 is 24.0 Å². The van der Waals surface area contributed by atoms with E-state index in [1.165, 1.54) is 12.1 Å². The van der Waals surface area contributed by atoms with Crippen LogP contribution in [0.1, 0.15) is 24.9 Å². The Morgan fingerprint density at radius 3 is 2.54 bits per heavy atom. The predicted molar refractivity (Wildman–Crippen MR) is 55.9 cm³/mol. The maximum absolute atomic E-state index is 12.8. The molecule has 1 atom stereocenters. The number of hydrogen-bond acceptors (Lipinski definition) is 1. The monoisotopic (exact) mass is 223 g/mol. The van der Waals surface area contributed by atoms with Gasteiger partial charge in [-0.3, -0.25) is 0 Å². The summed E-state index contributed by atoms with van der Waals surface area (Å²) < 4.78 is 12.8. The molecule has 74 valence electrons. The lowest BCUT2D eigenvalue weighted by molar-refractivity contribution is 0.617. The molecule has 0 fully saturated rings. The summed E-state index contributed by atoms with van der Waals surface area (Å²) in [6.07, 6.45) is 0.778. The Labute approximate surface area is 88.5 Å². The molecule has 0 aliphatic carbocycles. The van der Waals surface area contributed by atoms with E-state index in [-0.39, 0.29) is 24.3 Å². The van der Waals surface area contributed by atoms with Crippen LogP contribution in [0.5, 0.6) is 0 Å². The Morgan fingerprint density at radius 2 is 2.08 bits per heavy atom. The quantitative estimate of drug-likeness (QED) is 0.819. The predicted octanol–water partition coefficient (Wildman–Crippen LogP) is 3.31. The van der Waals surface area contributed by atoms with Gasteiger partial charge in [-0.25, -0.2) is 4.39 Å². The number of nitrogens with two attached hydrogens (primary N) is 1. The highest BCUT2D eigenvalue weighted by Crippen LogP contribution is 2.19. The minimum atomic E-state index is -0.332. The van der Waals surface area contributed by atoms with E-state index in [2.05, 4.69) is 0 Å². The molecule has 13 heavy (non-hydrogen) atoms. The third-order valence-electron chi connectivity index (χ3n) is 1.75. The fraction of sp³-hybridized carbons (Fsp3) is 0.333. The molecular formula is C9H12Cl2FN. The van der Waals surface area contributed by atoms with Gasteiger partial charge in [0.15, 0.2) is 0 Å². The average molecular weight is 224 g/mol. The zero-order valence-corrected chi connectivity index (χ0v) is 8.83. The average Bonchev–Trinajstić information content (AvgIpc) is 2.01. The highest BCUT2D eigenvalue weighted by Gasteiger charge is 2.05. The molecule has 0 saturated carbocycles. The van der Waals surface area contributed by atoms with E-state index in [1.54, 1.807) is 6.07 Å². The lowest BCUT2D eigenvalue weighted by Gasteiger charge is -2.08. The molecule has 0 saturated heterocycles. The molecule has 1 rings (SSSR count). The van der Waals surface area contributed by atoms with Crippen LogP contribution in [0.15, 0.2) is 18.2 Å². The second kappa shape index (κ2) is 5.43. The lowest BCUT2D eigenvalue weighted by Crippen LogP contribution is -2.08. The van der Waals surface area contributed by atoms with Gasteiger partial charge >= 0.3 is 0 Å². The molecule has 0 bridgehead atoms. The van der Waals surface area contributed by atoms with Gasteiger partial charge in [0.25, 0.3) is 0 Å². The maximum Gasteiger partial charge on any atom is 0.125 e. The molecular weight excluding hydrogens is 212 g/mol. The summed E-state index contributed by atoms with van der Waals surface area (Å²) in [7, 11) is 0. The highest BCUT2D eigenvalue weighted by molar-refractivity contribution is 6.30. The van der Waals surface area contributed by atoms with E-state index in [0.29, 0.717) is 5.02 Å².